The van der Waals surface area contributed by atoms with E-state index >= 15 is 0 Å². The molecule has 1 aliphatic carbocycles. The summed E-state index contributed by atoms with van der Waals surface area (Å²) in [6.07, 6.45) is 7.58. The summed E-state index contributed by atoms with van der Waals surface area (Å²) in [4.78, 5) is 15.7. The topological polar surface area (TPSA) is 46.9 Å². The number of amides is 1. The van der Waals surface area contributed by atoms with Gasteiger partial charge in [-0.1, -0.05) is 0 Å². The molecule has 4 nitrogen and oxygen atoms in total. The minimum absolute atomic E-state index is 0.0822. The maximum atomic E-state index is 11.4. The standard InChI is InChI=1S/C12H18ClN3O/c13-5-1-2-11(17)14-6-8-16-9-7-15-12(16)10-3-4-10/h7,9-10H,1-6,8H2,(H,14,17). The van der Waals surface area contributed by atoms with Gasteiger partial charge < -0.3 is 9.88 Å². The van der Waals surface area contributed by atoms with E-state index in [4.69, 9.17) is 11.6 Å². The maximum absolute atomic E-state index is 11.4. The van der Waals surface area contributed by atoms with E-state index in [9.17, 15) is 4.79 Å². The quantitative estimate of drug-likeness (QED) is 0.757. The van der Waals surface area contributed by atoms with E-state index < -0.39 is 0 Å². The molecule has 0 radical (unpaired) electrons. The molecule has 17 heavy (non-hydrogen) atoms. The highest BCUT2D eigenvalue weighted by atomic mass is 35.5. The highest BCUT2D eigenvalue weighted by Gasteiger charge is 2.27. The lowest BCUT2D eigenvalue weighted by molar-refractivity contribution is -0.121. The number of nitrogens with zero attached hydrogens (tertiary/aromatic N) is 2. The summed E-state index contributed by atoms with van der Waals surface area (Å²) >= 11 is 5.53. The molecule has 94 valence electrons. The van der Waals surface area contributed by atoms with Crippen molar-refractivity contribution in [1.82, 2.24) is 14.9 Å². The molecule has 0 atom stereocenters. The zero-order valence-electron chi connectivity index (χ0n) is 9.86. The van der Waals surface area contributed by atoms with Gasteiger partial charge in [-0.05, 0) is 19.3 Å². The number of carbonyl (C=O) groups is 1. The van der Waals surface area contributed by atoms with Crippen LogP contribution in [0.15, 0.2) is 12.4 Å². The first-order valence-electron chi connectivity index (χ1n) is 6.15. The van der Waals surface area contributed by atoms with E-state index in [-0.39, 0.29) is 5.91 Å². The summed E-state index contributed by atoms with van der Waals surface area (Å²) in [5.74, 6) is 2.44. The maximum Gasteiger partial charge on any atom is 0.220 e. The van der Waals surface area contributed by atoms with Crippen LogP contribution < -0.4 is 5.32 Å². The van der Waals surface area contributed by atoms with Crippen molar-refractivity contribution < 1.29 is 4.79 Å². The average molecular weight is 256 g/mol. The fourth-order valence-electron chi connectivity index (χ4n) is 1.84. The van der Waals surface area contributed by atoms with E-state index in [1.807, 2.05) is 12.4 Å². The number of halogens is 1. The minimum Gasteiger partial charge on any atom is -0.354 e. The van der Waals surface area contributed by atoms with E-state index in [0.29, 0.717) is 24.8 Å². The van der Waals surface area contributed by atoms with Gasteiger partial charge in [-0.15, -0.1) is 11.6 Å². The van der Waals surface area contributed by atoms with Gasteiger partial charge in [-0.25, -0.2) is 4.98 Å². The first-order chi connectivity index (χ1) is 8.31. The smallest absolute Gasteiger partial charge is 0.220 e. The van der Waals surface area contributed by atoms with Crippen LogP contribution in [0.3, 0.4) is 0 Å². The molecule has 0 aromatic carbocycles. The van der Waals surface area contributed by atoms with Crippen LogP contribution in [0.2, 0.25) is 0 Å². The SMILES string of the molecule is O=C(CCCCl)NCCn1ccnc1C1CC1. The van der Waals surface area contributed by atoms with E-state index in [1.54, 1.807) is 0 Å². The van der Waals surface area contributed by atoms with Crippen LogP contribution >= 0.6 is 11.6 Å². The molecule has 2 rings (SSSR count). The second-order valence-corrected chi connectivity index (χ2v) is 4.77. The zero-order chi connectivity index (χ0) is 12.1. The third kappa shape index (κ3) is 3.73. The molecule has 1 fully saturated rings. The highest BCUT2D eigenvalue weighted by Crippen LogP contribution is 2.38. The molecule has 1 heterocycles. The first-order valence-corrected chi connectivity index (χ1v) is 6.68. The molecule has 0 aliphatic heterocycles. The molecule has 1 aliphatic rings. The number of hydrogen-bond donors (Lipinski definition) is 1. The largest absolute Gasteiger partial charge is 0.354 e. The number of nitrogens with one attached hydrogen (secondary N) is 1. The second kappa shape index (κ2) is 6.05. The average Bonchev–Trinajstić information content (AvgIpc) is 3.07. The Hall–Kier alpha value is -1.03. The first kappa shape index (κ1) is 12.4. The van der Waals surface area contributed by atoms with Crippen molar-refractivity contribution in [2.75, 3.05) is 12.4 Å². The lowest BCUT2D eigenvalue weighted by Gasteiger charge is -2.08. The molecule has 1 amide bonds. The van der Waals surface area contributed by atoms with Crippen LogP contribution in [0.25, 0.3) is 0 Å². The summed E-state index contributed by atoms with van der Waals surface area (Å²) in [6.45, 7) is 1.47. The predicted molar refractivity (Wildman–Crippen MR) is 67.2 cm³/mol. The fourth-order valence-corrected chi connectivity index (χ4v) is 1.98. The lowest BCUT2D eigenvalue weighted by atomic mass is 10.3. The van der Waals surface area contributed by atoms with Crippen LogP contribution in [0.5, 0.6) is 0 Å². The van der Waals surface area contributed by atoms with Gasteiger partial charge in [0.1, 0.15) is 5.82 Å². The van der Waals surface area contributed by atoms with Gasteiger partial charge in [0, 0.05) is 43.7 Å². The van der Waals surface area contributed by atoms with Gasteiger partial charge in [-0.3, -0.25) is 4.79 Å². The number of alkyl halides is 1. The van der Waals surface area contributed by atoms with Crippen molar-refractivity contribution in [1.29, 1.82) is 0 Å². The van der Waals surface area contributed by atoms with Crippen LogP contribution in [0.1, 0.15) is 37.4 Å². The summed E-state index contributed by atoms with van der Waals surface area (Å²) in [6, 6.07) is 0. The number of aromatic nitrogens is 2. The van der Waals surface area contributed by atoms with Crippen molar-refractivity contribution in [2.24, 2.45) is 0 Å². The van der Waals surface area contributed by atoms with Gasteiger partial charge in [0.15, 0.2) is 0 Å². The van der Waals surface area contributed by atoms with E-state index in [0.717, 1.165) is 13.0 Å². The zero-order valence-corrected chi connectivity index (χ0v) is 10.6. The minimum atomic E-state index is 0.0822. The van der Waals surface area contributed by atoms with Crippen LogP contribution in [-0.4, -0.2) is 27.9 Å². The Morgan fingerprint density at radius 3 is 3.12 bits per heavy atom. The van der Waals surface area contributed by atoms with Gasteiger partial charge in [0.2, 0.25) is 5.91 Å². The lowest BCUT2D eigenvalue weighted by Crippen LogP contribution is -2.27. The summed E-state index contributed by atoms with van der Waals surface area (Å²) in [5, 5.41) is 2.90. The van der Waals surface area contributed by atoms with Crippen LogP contribution in [0.4, 0.5) is 0 Å². The fraction of sp³-hybridized carbons (Fsp3) is 0.667. The number of imidazole rings is 1. The molecule has 5 heteroatoms. The Balaban J connectivity index is 1.70. The summed E-state index contributed by atoms with van der Waals surface area (Å²) < 4.78 is 2.14. The Morgan fingerprint density at radius 1 is 1.59 bits per heavy atom. The van der Waals surface area contributed by atoms with Crippen molar-refractivity contribution in [3.63, 3.8) is 0 Å². The number of carbonyl (C=O) groups excluding carboxylic acids is 1. The summed E-state index contributed by atoms with van der Waals surface area (Å²) in [7, 11) is 0. The highest BCUT2D eigenvalue weighted by molar-refractivity contribution is 6.17. The molecule has 1 saturated carbocycles. The van der Waals surface area contributed by atoms with Gasteiger partial charge in [-0.2, -0.15) is 0 Å². The van der Waals surface area contributed by atoms with Crippen molar-refractivity contribution in [3.8, 4) is 0 Å². The molecule has 1 aromatic rings. The van der Waals surface area contributed by atoms with Crippen LogP contribution in [-0.2, 0) is 11.3 Å². The molecule has 0 unspecified atom stereocenters. The monoisotopic (exact) mass is 255 g/mol. The van der Waals surface area contributed by atoms with Gasteiger partial charge in [0.25, 0.3) is 0 Å². The Morgan fingerprint density at radius 2 is 2.41 bits per heavy atom. The molecule has 1 N–H and O–H groups in total. The Bertz CT molecular complexity index is 374. The number of rotatable bonds is 7. The predicted octanol–water partition coefficient (Wildman–Crippen LogP) is 1.90. The molecular weight excluding hydrogens is 238 g/mol. The van der Waals surface area contributed by atoms with Crippen LogP contribution in [0, 0.1) is 0 Å². The second-order valence-electron chi connectivity index (χ2n) is 4.40. The third-order valence-electron chi connectivity index (χ3n) is 2.90. The van der Waals surface area contributed by atoms with Crippen molar-refractivity contribution in [3.05, 3.63) is 18.2 Å². The van der Waals surface area contributed by atoms with E-state index in [1.165, 1.54) is 18.7 Å². The van der Waals surface area contributed by atoms with Gasteiger partial charge in [0.05, 0.1) is 0 Å². The van der Waals surface area contributed by atoms with Gasteiger partial charge >= 0.3 is 0 Å². The molecule has 0 bridgehead atoms. The Labute approximate surface area is 106 Å². The molecular formula is C12H18ClN3O. The van der Waals surface area contributed by atoms with Crippen molar-refractivity contribution in [2.45, 2.75) is 38.1 Å². The molecule has 0 saturated heterocycles. The van der Waals surface area contributed by atoms with E-state index in [2.05, 4.69) is 14.9 Å². The third-order valence-corrected chi connectivity index (χ3v) is 3.17. The normalized spacial score (nSPS) is 14.9. The van der Waals surface area contributed by atoms with Crippen molar-refractivity contribution >= 4 is 17.5 Å². The molecule has 1 aromatic heterocycles. The number of hydrogen-bond acceptors (Lipinski definition) is 2. The summed E-state index contributed by atoms with van der Waals surface area (Å²) in [5.41, 5.74) is 0. The Kier molecular flexibility index (Phi) is 4.42. The molecule has 0 spiro atoms.